The molecule has 2 atom stereocenters. The summed E-state index contributed by atoms with van der Waals surface area (Å²) in [5, 5.41) is 6.61. The van der Waals surface area contributed by atoms with Crippen LogP contribution in [0.2, 0.25) is 0 Å². The summed E-state index contributed by atoms with van der Waals surface area (Å²) in [7, 11) is 3.04. The summed E-state index contributed by atoms with van der Waals surface area (Å²) in [6.45, 7) is 0.766. The Bertz CT molecular complexity index is 330. The molecule has 0 aromatic heterocycles. The van der Waals surface area contributed by atoms with Crippen molar-refractivity contribution < 1.29 is 14.3 Å². The predicted octanol–water partition coefficient (Wildman–Crippen LogP) is 1.39. The molecule has 2 unspecified atom stereocenters. The second-order valence-electron chi connectivity index (χ2n) is 4.41. The fourth-order valence-electron chi connectivity index (χ4n) is 2.43. The van der Waals surface area contributed by atoms with Crippen molar-refractivity contribution in [2.24, 2.45) is 5.11 Å². The van der Waals surface area contributed by atoms with E-state index in [1.807, 2.05) is 0 Å². The molecular formula is C11H20N4O3. The molecule has 1 aliphatic carbocycles. The lowest BCUT2D eigenvalue weighted by molar-refractivity contribution is -0.152. The minimum Gasteiger partial charge on any atom is -0.468 e. The minimum absolute atomic E-state index is 0.0600. The number of rotatable bonds is 6. The number of hydrogen-bond donors (Lipinski definition) is 1. The number of methoxy groups -OCH3 is 2. The minimum atomic E-state index is -0.710. The van der Waals surface area contributed by atoms with Gasteiger partial charge in [0, 0.05) is 31.5 Å². The van der Waals surface area contributed by atoms with Crippen molar-refractivity contribution in [2.75, 3.05) is 27.3 Å². The van der Waals surface area contributed by atoms with Crippen LogP contribution >= 0.6 is 0 Å². The molecule has 0 radical (unpaired) electrons. The fraction of sp³-hybridized carbons (Fsp3) is 0.909. The van der Waals surface area contributed by atoms with Crippen molar-refractivity contribution >= 4 is 5.97 Å². The number of esters is 1. The van der Waals surface area contributed by atoms with Crippen molar-refractivity contribution in [1.29, 1.82) is 0 Å². The SMILES string of the molecule is COC(=O)C1(NCCN=[N+]=[N-])CCCC(OC)C1. The Hall–Kier alpha value is -1.30. The van der Waals surface area contributed by atoms with Gasteiger partial charge >= 0.3 is 5.97 Å². The Labute approximate surface area is 106 Å². The van der Waals surface area contributed by atoms with E-state index in [2.05, 4.69) is 15.3 Å². The summed E-state index contributed by atoms with van der Waals surface area (Å²) in [6.07, 6.45) is 3.22. The Morgan fingerprint density at radius 3 is 3.00 bits per heavy atom. The molecular weight excluding hydrogens is 236 g/mol. The maximum Gasteiger partial charge on any atom is 0.326 e. The zero-order chi connectivity index (χ0) is 13.4. The molecule has 1 aliphatic rings. The summed E-state index contributed by atoms with van der Waals surface area (Å²) >= 11 is 0. The van der Waals surface area contributed by atoms with Crippen molar-refractivity contribution in [3.63, 3.8) is 0 Å². The van der Waals surface area contributed by atoms with Crippen LogP contribution < -0.4 is 5.32 Å². The Morgan fingerprint density at radius 1 is 1.61 bits per heavy atom. The van der Waals surface area contributed by atoms with Crippen LogP contribution in [0.5, 0.6) is 0 Å². The lowest BCUT2D eigenvalue weighted by Crippen LogP contribution is -2.57. The topological polar surface area (TPSA) is 96.3 Å². The van der Waals surface area contributed by atoms with E-state index in [0.29, 0.717) is 19.5 Å². The van der Waals surface area contributed by atoms with Crippen LogP contribution in [-0.4, -0.2) is 44.9 Å². The van der Waals surface area contributed by atoms with E-state index in [1.165, 1.54) is 7.11 Å². The normalized spacial score (nSPS) is 27.3. The van der Waals surface area contributed by atoms with Crippen molar-refractivity contribution in [3.8, 4) is 0 Å². The average Bonchev–Trinajstić information content (AvgIpc) is 2.43. The van der Waals surface area contributed by atoms with Crippen molar-refractivity contribution in [2.45, 2.75) is 37.3 Å². The number of nitrogens with one attached hydrogen (secondary N) is 1. The molecule has 0 aromatic rings. The number of azide groups is 1. The molecule has 7 heteroatoms. The highest BCUT2D eigenvalue weighted by Gasteiger charge is 2.43. The summed E-state index contributed by atoms with van der Waals surface area (Å²) in [6, 6.07) is 0. The Kier molecular flexibility index (Phi) is 5.91. The maximum atomic E-state index is 12.0. The quantitative estimate of drug-likeness (QED) is 0.255. The van der Waals surface area contributed by atoms with Crippen LogP contribution in [0.4, 0.5) is 0 Å². The van der Waals surface area contributed by atoms with Gasteiger partial charge in [-0.15, -0.1) is 0 Å². The van der Waals surface area contributed by atoms with Crippen LogP contribution in [0.15, 0.2) is 5.11 Å². The zero-order valence-corrected chi connectivity index (χ0v) is 10.9. The summed E-state index contributed by atoms with van der Waals surface area (Å²) in [4.78, 5) is 14.7. The van der Waals surface area contributed by atoms with Crippen LogP contribution in [0.25, 0.3) is 10.4 Å². The van der Waals surface area contributed by atoms with Gasteiger partial charge in [-0.2, -0.15) is 0 Å². The summed E-state index contributed by atoms with van der Waals surface area (Å²) in [5.41, 5.74) is 7.51. The molecule has 1 rings (SSSR count). The first-order chi connectivity index (χ1) is 8.68. The highest BCUT2D eigenvalue weighted by molar-refractivity contribution is 5.81. The van der Waals surface area contributed by atoms with Gasteiger partial charge in [-0.3, -0.25) is 4.79 Å². The largest absolute Gasteiger partial charge is 0.468 e. The number of hydrogen-bond acceptors (Lipinski definition) is 5. The first-order valence-corrected chi connectivity index (χ1v) is 6.05. The highest BCUT2D eigenvalue weighted by atomic mass is 16.5. The summed E-state index contributed by atoms with van der Waals surface area (Å²) in [5.74, 6) is -0.273. The van der Waals surface area contributed by atoms with E-state index in [4.69, 9.17) is 15.0 Å². The molecule has 1 N–H and O–H groups in total. The van der Waals surface area contributed by atoms with Gasteiger partial charge in [0.1, 0.15) is 5.54 Å². The third kappa shape index (κ3) is 3.60. The number of nitrogens with zero attached hydrogens (tertiary/aromatic N) is 3. The van der Waals surface area contributed by atoms with E-state index in [0.717, 1.165) is 19.3 Å². The highest BCUT2D eigenvalue weighted by Crippen LogP contribution is 2.31. The average molecular weight is 256 g/mol. The molecule has 0 heterocycles. The monoisotopic (exact) mass is 256 g/mol. The van der Waals surface area contributed by atoms with Gasteiger partial charge in [-0.05, 0) is 24.8 Å². The molecule has 1 fully saturated rings. The van der Waals surface area contributed by atoms with Gasteiger partial charge in [0.25, 0.3) is 0 Å². The van der Waals surface area contributed by atoms with E-state index >= 15 is 0 Å². The molecule has 0 saturated heterocycles. The van der Waals surface area contributed by atoms with Gasteiger partial charge in [0.2, 0.25) is 0 Å². The molecule has 0 aromatic carbocycles. The van der Waals surface area contributed by atoms with Gasteiger partial charge in [-0.25, -0.2) is 0 Å². The van der Waals surface area contributed by atoms with Gasteiger partial charge in [0.15, 0.2) is 0 Å². The second kappa shape index (κ2) is 7.20. The fourth-order valence-corrected chi connectivity index (χ4v) is 2.43. The second-order valence-corrected chi connectivity index (χ2v) is 4.41. The number of carbonyl (C=O) groups is 1. The van der Waals surface area contributed by atoms with Gasteiger partial charge in [0.05, 0.1) is 13.2 Å². The molecule has 102 valence electrons. The molecule has 0 amide bonds. The van der Waals surface area contributed by atoms with E-state index < -0.39 is 5.54 Å². The lowest BCUT2D eigenvalue weighted by Gasteiger charge is -2.38. The molecule has 0 bridgehead atoms. The third-order valence-corrected chi connectivity index (χ3v) is 3.35. The van der Waals surface area contributed by atoms with Gasteiger partial charge < -0.3 is 14.8 Å². The summed E-state index contributed by atoms with van der Waals surface area (Å²) < 4.78 is 10.2. The van der Waals surface area contributed by atoms with Gasteiger partial charge in [-0.1, -0.05) is 5.11 Å². The van der Waals surface area contributed by atoms with Crippen LogP contribution in [0.1, 0.15) is 25.7 Å². The predicted molar refractivity (Wildman–Crippen MR) is 66.0 cm³/mol. The third-order valence-electron chi connectivity index (χ3n) is 3.35. The van der Waals surface area contributed by atoms with Crippen molar-refractivity contribution in [3.05, 3.63) is 10.4 Å². The molecule has 0 aliphatic heterocycles. The molecule has 7 nitrogen and oxygen atoms in total. The Balaban J connectivity index is 2.68. The molecule has 1 saturated carbocycles. The molecule has 18 heavy (non-hydrogen) atoms. The number of carbonyl (C=O) groups excluding carboxylic acids is 1. The first-order valence-electron chi connectivity index (χ1n) is 6.05. The molecule has 0 spiro atoms. The zero-order valence-electron chi connectivity index (χ0n) is 10.9. The van der Waals surface area contributed by atoms with E-state index in [1.54, 1.807) is 7.11 Å². The van der Waals surface area contributed by atoms with E-state index in [9.17, 15) is 4.79 Å². The maximum absolute atomic E-state index is 12.0. The first kappa shape index (κ1) is 14.8. The van der Waals surface area contributed by atoms with Crippen LogP contribution in [0.3, 0.4) is 0 Å². The smallest absolute Gasteiger partial charge is 0.326 e. The number of ether oxygens (including phenoxy) is 2. The van der Waals surface area contributed by atoms with Crippen LogP contribution in [0, 0.1) is 0 Å². The van der Waals surface area contributed by atoms with Crippen molar-refractivity contribution in [1.82, 2.24) is 5.32 Å². The van der Waals surface area contributed by atoms with Crippen LogP contribution in [-0.2, 0) is 14.3 Å². The lowest BCUT2D eigenvalue weighted by atomic mass is 9.80. The Morgan fingerprint density at radius 2 is 2.39 bits per heavy atom. The van der Waals surface area contributed by atoms with E-state index in [-0.39, 0.29) is 12.1 Å². The standard InChI is InChI=1S/C11H20N4O3/c1-17-9-4-3-5-11(8-9,10(16)18-2)13-6-7-14-15-12/h9,13H,3-8H2,1-2H3.